The molecule has 0 spiro atoms. The molecule has 2 saturated heterocycles. The highest BCUT2D eigenvalue weighted by atomic mass is 32.2. The van der Waals surface area contributed by atoms with E-state index in [1.54, 1.807) is 29.2 Å². The molecular weight excluding hydrogens is 583 g/mol. The van der Waals surface area contributed by atoms with Crippen molar-refractivity contribution in [3.05, 3.63) is 99.5 Å². The van der Waals surface area contributed by atoms with Gasteiger partial charge in [-0.15, -0.1) is 0 Å². The predicted octanol–water partition coefficient (Wildman–Crippen LogP) is 5.63. The van der Waals surface area contributed by atoms with Gasteiger partial charge in [0, 0.05) is 38.3 Å². The van der Waals surface area contributed by atoms with Crippen LogP contribution in [0.2, 0.25) is 0 Å². The number of nitrogens with zero attached hydrogens (tertiary/aromatic N) is 3. The van der Waals surface area contributed by atoms with Gasteiger partial charge in [-0.1, -0.05) is 36.4 Å². The monoisotopic (exact) mass is 609 g/mol. The van der Waals surface area contributed by atoms with Crippen LogP contribution in [0.15, 0.2) is 71.6 Å². The molecule has 6 rings (SSSR count). The van der Waals surface area contributed by atoms with E-state index in [2.05, 4.69) is 4.90 Å². The minimum atomic E-state index is -4.60. The number of piperazine rings is 1. The van der Waals surface area contributed by atoms with E-state index < -0.39 is 29.4 Å². The summed E-state index contributed by atoms with van der Waals surface area (Å²) in [7, 11) is 0. The van der Waals surface area contributed by atoms with Crippen molar-refractivity contribution in [1.82, 2.24) is 14.7 Å². The van der Waals surface area contributed by atoms with E-state index in [0.29, 0.717) is 36.0 Å². The number of fused-ring (bicyclic) bond motifs is 1. The molecule has 2 fully saturated rings. The van der Waals surface area contributed by atoms with Gasteiger partial charge < -0.3 is 14.4 Å². The molecule has 0 unspecified atom stereocenters. The second kappa shape index (κ2) is 11.8. The third kappa shape index (κ3) is 6.25. The Bertz CT molecular complexity index is 1600. The normalized spacial score (nSPS) is 18.2. The van der Waals surface area contributed by atoms with Crippen molar-refractivity contribution in [3.63, 3.8) is 0 Å². The topological polar surface area (TPSA) is 79.4 Å². The molecule has 0 aliphatic carbocycles. The van der Waals surface area contributed by atoms with Gasteiger partial charge in [0.05, 0.1) is 17.0 Å². The van der Waals surface area contributed by atoms with Crippen LogP contribution in [-0.2, 0) is 24.1 Å². The van der Waals surface area contributed by atoms with E-state index in [9.17, 15) is 27.6 Å². The van der Waals surface area contributed by atoms with E-state index >= 15 is 0 Å². The van der Waals surface area contributed by atoms with Crippen LogP contribution in [0.5, 0.6) is 11.5 Å². The van der Waals surface area contributed by atoms with E-state index in [1.165, 1.54) is 24.3 Å². The lowest BCUT2D eigenvalue weighted by Crippen LogP contribution is -2.48. The van der Waals surface area contributed by atoms with Crippen molar-refractivity contribution >= 4 is 34.9 Å². The maximum Gasteiger partial charge on any atom is 0.416 e. The first-order chi connectivity index (χ1) is 20.7. The summed E-state index contributed by atoms with van der Waals surface area (Å²) in [5.41, 5.74) is 1.16. The third-order valence-corrected chi connectivity index (χ3v) is 8.39. The Hall–Kier alpha value is -4.29. The Morgan fingerprint density at radius 2 is 1.60 bits per heavy atom. The van der Waals surface area contributed by atoms with Gasteiger partial charge in [0.2, 0.25) is 6.79 Å². The van der Waals surface area contributed by atoms with Crippen LogP contribution in [0.25, 0.3) is 6.08 Å². The Morgan fingerprint density at radius 1 is 0.884 bits per heavy atom. The van der Waals surface area contributed by atoms with Gasteiger partial charge >= 0.3 is 6.18 Å². The Labute approximate surface area is 249 Å². The Balaban J connectivity index is 1.05. The summed E-state index contributed by atoms with van der Waals surface area (Å²) in [6.45, 7) is 3.11. The molecule has 0 bridgehead atoms. The smallest absolute Gasteiger partial charge is 0.416 e. The summed E-state index contributed by atoms with van der Waals surface area (Å²) in [6.07, 6.45) is -3.10. The summed E-state index contributed by atoms with van der Waals surface area (Å²) in [5.74, 6) is 0.733. The molecule has 0 atom stereocenters. The molecule has 3 aliphatic rings. The molecule has 12 heteroatoms. The van der Waals surface area contributed by atoms with Gasteiger partial charge in [0.25, 0.3) is 17.1 Å². The van der Waals surface area contributed by atoms with Crippen molar-refractivity contribution in [2.24, 2.45) is 0 Å². The maximum absolute atomic E-state index is 13.4. The number of thioether (sulfide) groups is 1. The summed E-state index contributed by atoms with van der Waals surface area (Å²) >= 11 is 0.673. The van der Waals surface area contributed by atoms with Crippen molar-refractivity contribution in [1.29, 1.82) is 0 Å². The average molecular weight is 610 g/mol. The number of alkyl halides is 3. The number of imide groups is 1. The average Bonchev–Trinajstić information content (AvgIpc) is 3.57. The van der Waals surface area contributed by atoms with Gasteiger partial charge in [-0.3, -0.25) is 24.2 Å². The first-order valence-electron chi connectivity index (χ1n) is 13.6. The summed E-state index contributed by atoms with van der Waals surface area (Å²) in [4.78, 5) is 43.6. The fraction of sp³-hybridized carbons (Fsp3) is 0.258. The zero-order valence-electron chi connectivity index (χ0n) is 22.8. The van der Waals surface area contributed by atoms with Gasteiger partial charge in [0.15, 0.2) is 11.5 Å². The predicted molar refractivity (Wildman–Crippen MR) is 153 cm³/mol. The quantitative estimate of drug-likeness (QED) is 0.336. The maximum atomic E-state index is 13.4. The SMILES string of the molecule is O=C(c1ccc(/C=C2\SC(=O)N(Cc3ccccc3C(F)(F)F)C2=O)cc1)N1CCN(Cc2ccc3c(c2)OCO3)CC1. The molecule has 3 amide bonds. The van der Waals surface area contributed by atoms with Crippen molar-refractivity contribution in [3.8, 4) is 11.5 Å². The third-order valence-electron chi connectivity index (χ3n) is 7.48. The lowest BCUT2D eigenvalue weighted by atomic mass is 10.1. The number of rotatable bonds is 6. The zero-order chi connectivity index (χ0) is 30.1. The summed E-state index contributed by atoms with van der Waals surface area (Å²) in [5, 5.41) is -0.641. The van der Waals surface area contributed by atoms with Crippen LogP contribution in [0.3, 0.4) is 0 Å². The van der Waals surface area contributed by atoms with Gasteiger partial charge in [0.1, 0.15) is 0 Å². The number of hydrogen-bond acceptors (Lipinski definition) is 7. The van der Waals surface area contributed by atoms with Crippen LogP contribution in [0.1, 0.15) is 32.6 Å². The first kappa shape index (κ1) is 28.8. The molecule has 0 aromatic heterocycles. The van der Waals surface area contributed by atoms with Gasteiger partial charge in [-0.2, -0.15) is 13.2 Å². The second-order valence-corrected chi connectivity index (χ2v) is 11.3. The molecule has 0 radical (unpaired) electrons. The molecule has 43 heavy (non-hydrogen) atoms. The largest absolute Gasteiger partial charge is 0.454 e. The zero-order valence-corrected chi connectivity index (χ0v) is 23.6. The molecule has 0 saturated carbocycles. The second-order valence-electron chi connectivity index (χ2n) is 10.3. The highest BCUT2D eigenvalue weighted by Gasteiger charge is 2.38. The van der Waals surface area contributed by atoms with Crippen LogP contribution in [-0.4, -0.2) is 64.7 Å². The van der Waals surface area contributed by atoms with Crippen molar-refractivity contribution < 1.29 is 37.0 Å². The molecule has 3 heterocycles. The number of amides is 3. The fourth-order valence-corrected chi connectivity index (χ4v) is 6.04. The first-order valence-corrected chi connectivity index (χ1v) is 14.4. The van der Waals surface area contributed by atoms with E-state index in [1.807, 2.05) is 18.2 Å². The lowest BCUT2D eigenvalue weighted by Gasteiger charge is -2.34. The fourth-order valence-electron chi connectivity index (χ4n) is 5.20. The molecule has 0 N–H and O–H groups in total. The molecule has 3 aromatic carbocycles. The molecule has 222 valence electrons. The number of ether oxygens (including phenoxy) is 2. The van der Waals surface area contributed by atoms with Crippen LogP contribution >= 0.6 is 11.8 Å². The number of hydrogen-bond donors (Lipinski definition) is 0. The van der Waals surface area contributed by atoms with Gasteiger partial charge in [-0.25, -0.2) is 0 Å². The van der Waals surface area contributed by atoms with Crippen molar-refractivity contribution in [2.45, 2.75) is 19.3 Å². The number of halogens is 3. The minimum absolute atomic E-state index is 0.0991. The standard InChI is InChI=1S/C31H26F3N3O5S/c32-31(33,34)24-4-2-1-3-23(24)18-37-29(39)27(43-30(37)40)16-20-5-8-22(9-6-20)28(38)36-13-11-35(12-14-36)17-21-7-10-25-26(15-21)42-19-41-25/h1-10,15-16H,11-14,17-19H2/b27-16-. The van der Waals surface area contributed by atoms with Crippen LogP contribution in [0, 0.1) is 0 Å². The van der Waals surface area contributed by atoms with Crippen LogP contribution < -0.4 is 9.47 Å². The van der Waals surface area contributed by atoms with E-state index in [-0.39, 0.29) is 23.2 Å². The van der Waals surface area contributed by atoms with Crippen molar-refractivity contribution in [2.75, 3.05) is 33.0 Å². The summed E-state index contributed by atoms with van der Waals surface area (Å²) in [6, 6.07) is 17.5. The molecule has 3 aliphatic heterocycles. The van der Waals surface area contributed by atoms with E-state index in [0.717, 1.165) is 47.7 Å². The molecule has 3 aromatic rings. The molecule has 8 nitrogen and oxygen atoms in total. The number of carbonyl (C=O) groups is 3. The minimum Gasteiger partial charge on any atom is -0.454 e. The summed E-state index contributed by atoms with van der Waals surface area (Å²) < 4.78 is 51.0. The lowest BCUT2D eigenvalue weighted by molar-refractivity contribution is -0.139. The Kier molecular flexibility index (Phi) is 7.89. The number of carbonyl (C=O) groups excluding carboxylic acids is 3. The number of benzene rings is 3. The Morgan fingerprint density at radius 3 is 2.35 bits per heavy atom. The van der Waals surface area contributed by atoms with Gasteiger partial charge in [-0.05, 0) is 64.9 Å². The molecular formula is C31H26F3N3O5S. The van der Waals surface area contributed by atoms with E-state index in [4.69, 9.17) is 9.47 Å². The van der Waals surface area contributed by atoms with Crippen LogP contribution in [0.4, 0.5) is 18.0 Å². The highest BCUT2D eigenvalue weighted by Crippen LogP contribution is 2.37. The highest BCUT2D eigenvalue weighted by molar-refractivity contribution is 8.18.